The van der Waals surface area contributed by atoms with Gasteiger partial charge in [0.1, 0.15) is 0 Å². The molecule has 3 heteroatoms. The van der Waals surface area contributed by atoms with Crippen LogP contribution in [0.5, 0.6) is 0 Å². The molecule has 1 heterocycles. The molecule has 1 rings (SSSR count). The predicted molar refractivity (Wildman–Crippen MR) is 48.6 cm³/mol. The highest BCUT2D eigenvalue weighted by molar-refractivity contribution is 5.80. The molecule has 0 fully saturated rings. The van der Waals surface area contributed by atoms with E-state index in [-0.39, 0.29) is 5.91 Å². The third-order valence-electron chi connectivity index (χ3n) is 1.97. The van der Waals surface area contributed by atoms with Gasteiger partial charge in [0.25, 0.3) is 0 Å². The van der Waals surface area contributed by atoms with E-state index in [9.17, 15) is 4.79 Å². The molecule has 0 spiro atoms. The Morgan fingerprint density at radius 3 is 2.75 bits per heavy atom. The van der Waals surface area contributed by atoms with Crippen LogP contribution in [0.15, 0.2) is 11.8 Å². The number of likely N-dealkylation sites (N-methyl/N-ethyl adjacent to an activating group) is 1. The summed E-state index contributed by atoms with van der Waals surface area (Å²) in [7, 11) is 3.82. The highest BCUT2D eigenvalue weighted by Gasteiger charge is 2.18. The maximum Gasteiger partial charge on any atom is 0.240 e. The van der Waals surface area contributed by atoms with E-state index in [2.05, 4.69) is 6.08 Å². The summed E-state index contributed by atoms with van der Waals surface area (Å²) in [5, 5.41) is 0. The minimum absolute atomic E-state index is 0.200. The van der Waals surface area contributed by atoms with Gasteiger partial charge in [-0.3, -0.25) is 4.79 Å². The Hall–Kier alpha value is -0.830. The molecule has 1 aliphatic heterocycles. The molecular weight excluding hydrogens is 152 g/mol. The summed E-state index contributed by atoms with van der Waals surface area (Å²) in [6, 6.07) is 0. The van der Waals surface area contributed by atoms with E-state index in [0.717, 1.165) is 18.7 Å². The van der Waals surface area contributed by atoms with Crippen LogP contribution in [0.1, 0.15) is 13.3 Å². The van der Waals surface area contributed by atoms with Gasteiger partial charge < -0.3 is 9.80 Å². The molecule has 0 N–H and O–H groups in total. The van der Waals surface area contributed by atoms with Crippen molar-refractivity contribution in [2.45, 2.75) is 13.3 Å². The number of allylic oxidation sites excluding steroid dienone is 1. The number of nitrogens with zero attached hydrogens (tertiary/aromatic N) is 2. The zero-order valence-corrected chi connectivity index (χ0v) is 8.00. The number of rotatable bonds is 2. The summed E-state index contributed by atoms with van der Waals surface area (Å²) in [6.07, 6.45) is 3.11. The standard InChI is InChI=1S/C9H16N2O/c1-8-5-4-6-11(8)9(12)7-10(2)3/h5H,4,6-7H2,1-3H3. The van der Waals surface area contributed by atoms with E-state index in [0.29, 0.717) is 6.54 Å². The fourth-order valence-electron chi connectivity index (χ4n) is 1.37. The largest absolute Gasteiger partial charge is 0.315 e. The van der Waals surface area contributed by atoms with E-state index < -0.39 is 0 Å². The lowest BCUT2D eigenvalue weighted by Gasteiger charge is -2.19. The maximum atomic E-state index is 11.5. The lowest BCUT2D eigenvalue weighted by atomic mass is 10.4. The smallest absolute Gasteiger partial charge is 0.240 e. The van der Waals surface area contributed by atoms with E-state index in [1.165, 1.54) is 0 Å². The zero-order chi connectivity index (χ0) is 9.14. The first-order valence-electron chi connectivity index (χ1n) is 4.23. The highest BCUT2D eigenvalue weighted by Crippen LogP contribution is 2.13. The van der Waals surface area contributed by atoms with E-state index >= 15 is 0 Å². The quantitative estimate of drug-likeness (QED) is 0.605. The second kappa shape index (κ2) is 3.72. The Bertz CT molecular complexity index is 209. The Morgan fingerprint density at radius 1 is 1.67 bits per heavy atom. The summed E-state index contributed by atoms with van der Waals surface area (Å²) in [6.45, 7) is 3.35. The van der Waals surface area contributed by atoms with Gasteiger partial charge in [-0.05, 0) is 27.4 Å². The number of amides is 1. The van der Waals surface area contributed by atoms with Gasteiger partial charge in [0.05, 0.1) is 6.54 Å². The molecule has 0 aromatic carbocycles. The molecule has 1 amide bonds. The average Bonchev–Trinajstić information content (AvgIpc) is 2.33. The lowest BCUT2D eigenvalue weighted by molar-refractivity contribution is -0.129. The molecule has 0 aromatic heterocycles. The minimum atomic E-state index is 0.200. The van der Waals surface area contributed by atoms with Crippen LogP contribution in [0, 0.1) is 0 Å². The number of carbonyl (C=O) groups is 1. The van der Waals surface area contributed by atoms with E-state index in [4.69, 9.17) is 0 Å². The van der Waals surface area contributed by atoms with Crippen LogP contribution in [0.4, 0.5) is 0 Å². The molecule has 68 valence electrons. The molecule has 0 bridgehead atoms. The molecular formula is C9H16N2O. The molecule has 0 aromatic rings. The van der Waals surface area contributed by atoms with Gasteiger partial charge in [0, 0.05) is 12.2 Å². The third kappa shape index (κ3) is 2.08. The van der Waals surface area contributed by atoms with Crippen molar-refractivity contribution in [3.05, 3.63) is 11.8 Å². The van der Waals surface area contributed by atoms with Crippen LogP contribution in [0.25, 0.3) is 0 Å². The molecule has 0 radical (unpaired) electrons. The zero-order valence-electron chi connectivity index (χ0n) is 8.00. The summed E-state index contributed by atoms with van der Waals surface area (Å²) >= 11 is 0. The van der Waals surface area contributed by atoms with Crippen molar-refractivity contribution in [3.63, 3.8) is 0 Å². The fourth-order valence-corrected chi connectivity index (χ4v) is 1.37. The van der Waals surface area contributed by atoms with Gasteiger partial charge in [-0.1, -0.05) is 6.08 Å². The van der Waals surface area contributed by atoms with Gasteiger partial charge in [-0.15, -0.1) is 0 Å². The first-order chi connectivity index (χ1) is 5.61. The van der Waals surface area contributed by atoms with Gasteiger partial charge in [-0.2, -0.15) is 0 Å². The Morgan fingerprint density at radius 2 is 2.33 bits per heavy atom. The predicted octanol–water partition coefficient (Wildman–Crippen LogP) is 0.684. The van der Waals surface area contributed by atoms with Crippen molar-refractivity contribution < 1.29 is 4.79 Å². The fraction of sp³-hybridized carbons (Fsp3) is 0.667. The third-order valence-corrected chi connectivity index (χ3v) is 1.97. The van der Waals surface area contributed by atoms with Gasteiger partial charge >= 0.3 is 0 Å². The van der Waals surface area contributed by atoms with Crippen LogP contribution in [-0.4, -0.2) is 42.9 Å². The van der Waals surface area contributed by atoms with Gasteiger partial charge in [0.2, 0.25) is 5.91 Å². The first kappa shape index (κ1) is 9.26. The minimum Gasteiger partial charge on any atom is -0.315 e. The van der Waals surface area contributed by atoms with E-state index in [1.54, 1.807) is 0 Å². The Balaban J connectivity index is 2.48. The maximum absolute atomic E-state index is 11.5. The second-order valence-corrected chi connectivity index (χ2v) is 3.42. The summed E-state index contributed by atoms with van der Waals surface area (Å²) in [5.41, 5.74) is 1.10. The van der Waals surface area contributed by atoms with Gasteiger partial charge in [-0.25, -0.2) is 0 Å². The van der Waals surface area contributed by atoms with Crippen molar-refractivity contribution in [2.75, 3.05) is 27.2 Å². The van der Waals surface area contributed by atoms with E-state index in [1.807, 2.05) is 30.8 Å². The molecule has 0 unspecified atom stereocenters. The Kier molecular flexibility index (Phi) is 2.87. The monoisotopic (exact) mass is 168 g/mol. The molecule has 12 heavy (non-hydrogen) atoms. The Labute approximate surface area is 73.6 Å². The van der Waals surface area contributed by atoms with Crippen molar-refractivity contribution in [1.29, 1.82) is 0 Å². The van der Waals surface area contributed by atoms with Crippen molar-refractivity contribution >= 4 is 5.91 Å². The summed E-state index contributed by atoms with van der Waals surface area (Å²) < 4.78 is 0. The molecule has 0 aliphatic carbocycles. The van der Waals surface area contributed by atoms with Crippen molar-refractivity contribution in [3.8, 4) is 0 Å². The summed E-state index contributed by atoms with van der Waals surface area (Å²) in [4.78, 5) is 15.3. The first-order valence-corrected chi connectivity index (χ1v) is 4.23. The highest BCUT2D eigenvalue weighted by atomic mass is 16.2. The molecule has 0 saturated heterocycles. The topological polar surface area (TPSA) is 23.6 Å². The van der Waals surface area contributed by atoms with Crippen molar-refractivity contribution in [2.24, 2.45) is 0 Å². The van der Waals surface area contributed by atoms with Gasteiger partial charge in [0.15, 0.2) is 0 Å². The number of hydrogen-bond donors (Lipinski definition) is 0. The van der Waals surface area contributed by atoms with Crippen molar-refractivity contribution in [1.82, 2.24) is 9.80 Å². The number of carbonyl (C=O) groups excluding carboxylic acids is 1. The molecule has 3 nitrogen and oxygen atoms in total. The number of hydrogen-bond acceptors (Lipinski definition) is 2. The van der Waals surface area contributed by atoms with Crippen LogP contribution in [0.2, 0.25) is 0 Å². The second-order valence-electron chi connectivity index (χ2n) is 3.42. The van der Waals surface area contributed by atoms with Crippen LogP contribution in [-0.2, 0) is 4.79 Å². The molecule has 1 aliphatic rings. The molecule has 0 saturated carbocycles. The summed E-state index contributed by atoms with van der Waals surface area (Å²) in [5.74, 6) is 0.200. The normalized spacial score (nSPS) is 17.0. The van der Waals surface area contributed by atoms with Crippen LogP contribution >= 0.6 is 0 Å². The lowest BCUT2D eigenvalue weighted by Crippen LogP contribution is -2.35. The van der Waals surface area contributed by atoms with Crippen LogP contribution < -0.4 is 0 Å². The average molecular weight is 168 g/mol. The SMILES string of the molecule is CC1=CCCN1C(=O)CN(C)C. The van der Waals surface area contributed by atoms with Crippen LogP contribution in [0.3, 0.4) is 0 Å². The molecule has 0 atom stereocenters.